The molecule has 6 N–H and O–H groups in total. The number of carbonyl (C=O) groups excluding carboxylic acids is 5. The van der Waals surface area contributed by atoms with Gasteiger partial charge in [-0.1, -0.05) is 45.1 Å². The molecule has 0 radical (unpaired) electrons. The minimum atomic E-state index is -0.791. The molecule has 0 bridgehead atoms. The summed E-state index contributed by atoms with van der Waals surface area (Å²) < 4.78 is 4.89. The van der Waals surface area contributed by atoms with E-state index in [2.05, 4.69) is 22.5 Å². The van der Waals surface area contributed by atoms with E-state index in [1.54, 1.807) is 24.3 Å². The number of ether oxygens (including phenoxy) is 1. The van der Waals surface area contributed by atoms with Crippen LogP contribution in [0.1, 0.15) is 64.4 Å². The number of esters is 1. The lowest BCUT2D eigenvalue weighted by Gasteiger charge is -2.24. The number of anilines is 1. The molecule has 1 aromatic rings. The monoisotopic (exact) mass is 546 g/mol. The zero-order valence-electron chi connectivity index (χ0n) is 22.9. The van der Waals surface area contributed by atoms with E-state index in [4.69, 9.17) is 10.5 Å². The van der Waals surface area contributed by atoms with E-state index in [-0.39, 0.29) is 62.4 Å². The molecular formula is C28H42N4O7. The second-order valence-electron chi connectivity index (χ2n) is 9.61. The van der Waals surface area contributed by atoms with Crippen LogP contribution in [0.4, 0.5) is 10.5 Å². The first-order valence-corrected chi connectivity index (χ1v) is 13.2. The second-order valence-corrected chi connectivity index (χ2v) is 9.61. The maximum Gasteiger partial charge on any atom is 0.312 e. The molecule has 11 nitrogen and oxygen atoms in total. The highest BCUT2D eigenvalue weighted by molar-refractivity contribution is 5.97. The molecular weight excluding hydrogens is 504 g/mol. The number of primary amides is 1. The zero-order chi connectivity index (χ0) is 29.2. The lowest BCUT2D eigenvalue weighted by molar-refractivity contribution is -0.142. The summed E-state index contributed by atoms with van der Waals surface area (Å²) in [6, 6.07) is 5.30. The van der Waals surface area contributed by atoms with Crippen molar-refractivity contribution >= 4 is 35.3 Å². The topological polar surface area (TPSA) is 177 Å². The zero-order valence-corrected chi connectivity index (χ0v) is 22.9. The second kappa shape index (κ2) is 18.5. The number of hydrogen-bond donors (Lipinski definition) is 5. The third-order valence-electron chi connectivity index (χ3n) is 5.98. The smallest absolute Gasteiger partial charge is 0.312 e. The number of amides is 4. The SMILES string of the molecule is C=CCOC(=O)CCCC(=O)N[C@H](C(=O)C[C@@H](CCCCNC(N)=O)C(=O)Nc1ccc(CO)cc1)C(C)C. The number of unbranched alkanes of at least 4 members (excludes halogenated alkanes) is 1. The molecule has 216 valence electrons. The molecule has 11 heteroatoms. The molecule has 0 saturated carbocycles. The first-order chi connectivity index (χ1) is 18.6. The average Bonchev–Trinajstić information content (AvgIpc) is 2.89. The van der Waals surface area contributed by atoms with Crippen LogP contribution in [-0.4, -0.2) is 53.9 Å². The van der Waals surface area contributed by atoms with E-state index in [1.807, 2.05) is 13.8 Å². The van der Waals surface area contributed by atoms with Crippen molar-refractivity contribution in [3.05, 3.63) is 42.5 Å². The van der Waals surface area contributed by atoms with Crippen molar-refractivity contribution in [2.24, 2.45) is 17.6 Å². The van der Waals surface area contributed by atoms with Crippen LogP contribution in [0, 0.1) is 11.8 Å². The summed E-state index contributed by atoms with van der Waals surface area (Å²) in [5.41, 5.74) is 6.32. The highest BCUT2D eigenvalue weighted by Gasteiger charge is 2.29. The van der Waals surface area contributed by atoms with Crippen LogP contribution < -0.4 is 21.7 Å². The fourth-order valence-corrected chi connectivity index (χ4v) is 3.84. The summed E-state index contributed by atoms with van der Waals surface area (Å²) in [5, 5.41) is 17.3. The van der Waals surface area contributed by atoms with Crippen molar-refractivity contribution in [1.82, 2.24) is 10.6 Å². The molecule has 0 saturated heterocycles. The van der Waals surface area contributed by atoms with Gasteiger partial charge in [0.25, 0.3) is 0 Å². The number of hydrogen-bond acceptors (Lipinski definition) is 7. The summed E-state index contributed by atoms with van der Waals surface area (Å²) in [7, 11) is 0. The van der Waals surface area contributed by atoms with E-state index < -0.39 is 24.0 Å². The predicted molar refractivity (Wildman–Crippen MR) is 147 cm³/mol. The minimum Gasteiger partial charge on any atom is -0.461 e. The van der Waals surface area contributed by atoms with Crippen LogP contribution in [0.3, 0.4) is 0 Å². The predicted octanol–water partition coefficient (Wildman–Crippen LogP) is 2.57. The van der Waals surface area contributed by atoms with Gasteiger partial charge in [-0.25, -0.2) is 4.79 Å². The Kier molecular flexibility index (Phi) is 15.8. The Morgan fingerprint density at radius 2 is 1.74 bits per heavy atom. The summed E-state index contributed by atoms with van der Waals surface area (Å²) in [6.45, 7) is 7.43. The Morgan fingerprint density at radius 1 is 1.05 bits per heavy atom. The molecule has 4 amide bonds. The van der Waals surface area contributed by atoms with Crippen LogP contribution in [0.5, 0.6) is 0 Å². The third kappa shape index (κ3) is 14.1. The highest BCUT2D eigenvalue weighted by atomic mass is 16.5. The number of nitrogens with two attached hydrogens (primary N) is 1. The Morgan fingerprint density at radius 3 is 2.33 bits per heavy atom. The molecule has 0 aromatic heterocycles. The number of Topliss-reactive ketones (excluding diaryl/α,β-unsaturated/α-hetero) is 1. The molecule has 0 heterocycles. The van der Waals surface area contributed by atoms with E-state index in [9.17, 15) is 29.1 Å². The molecule has 39 heavy (non-hydrogen) atoms. The van der Waals surface area contributed by atoms with Gasteiger partial charge < -0.3 is 31.5 Å². The van der Waals surface area contributed by atoms with Crippen molar-refractivity contribution in [2.75, 3.05) is 18.5 Å². The van der Waals surface area contributed by atoms with Crippen molar-refractivity contribution < 1.29 is 33.8 Å². The molecule has 2 atom stereocenters. The van der Waals surface area contributed by atoms with Gasteiger partial charge in [0, 0.05) is 37.4 Å². The Balaban J connectivity index is 2.81. The van der Waals surface area contributed by atoms with Crippen LogP contribution in [0.15, 0.2) is 36.9 Å². The molecule has 0 aliphatic rings. The fraction of sp³-hybridized carbons (Fsp3) is 0.536. The number of benzene rings is 1. The van der Waals surface area contributed by atoms with Crippen molar-refractivity contribution in [3.8, 4) is 0 Å². The Bertz CT molecular complexity index is 963. The van der Waals surface area contributed by atoms with E-state index in [0.717, 1.165) is 0 Å². The summed E-state index contributed by atoms with van der Waals surface area (Å²) >= 11 is 0. The number of carbonyl (C=O) groups is 5. The molecule has 0 unspecified atom stereocenters. The lowest BCUT2D eigenvalue weighted by atomic mass is 9.89. The van der Waals surface area contributed by atoms with Crippen LogP contribution in [-0.2, 0) is 30.5 Å². The van der Waals surface area contributed by atoms with Gasteiger partial charge in [-0.2, -0.15) is 0 Å². The maximum atomic E-state index is 13.3. The van der Waals surface area contributed by atoms with Gasteiger partial charge in [0.05, 0.1) is 12.6 Å². The summed E-state index contributed by atoms with van der Waals surface area (Å²) in [4.78, 5) is 61.4. The van der Waals surface area contributed by atoms with Crippen molar-refractivity contribution in [1.29, 1.82) is 0 Å². The van der Waals surface area contributed by atoms with Crippen molar-refractivity contribution in [3.63, 3.8) is 0 Å². The number of urea groups is 1. The normalized spacial score (nSPS) is 12.2. The van der Waals surface area contributed by atoms with E-state index >= 15 is 0 Å². The van der Waals surface area contributed by atoms with E-state index in [0.29, 0.717) is 37.1 Å². The van der Waals surface area contributed by atoms with Gasteiger partial charge in [0.15, 0.2) is 5.78 Å². The number of aliphatic hydroxyl groups is 1. The molecule has 0 aliphatic heterocycles. The highest BCUT2D eigenvalue weighted by Crippen LogP contribution is 2.20. The molecule has 0 fully saturated rings. The molecule has 0 aliphatic carbocycles. The van der Waals surface area contributed by atoms with Crippen molar-refractivity contribution in [2.45, 2.75) is 71.4 Å². The minimum absolute atomic E-state index is 0.0559. The number of ketones is 1. The quantitative estimate of drug-likeness (QED) is 0.101. The van der Waals surface area contributed by atoms with Crippen LogP contribution in [0.25, 0.3) is 0 Å². The molecule has 1 aromatic carbocycles. The fourth-order valence-electron chi connectivity index (χ4n) is 3.84. The summed E-state index contributed by atoms with van der Waals surface area (Å²) in [5.74, 6) is -2.27. The molecule has 0 spiro atoms. The van der Waals surface area contributed by atoms with E-state index in [1.165, 1.54) is 6.08 Å². The number of aliphatic hydroxyl groups excluding tert-OH is 1. The maximum absolute atomic E-state index is 13.3. The van der Waals surface area contributed by atoms with Gasteiger partial charge in [0.2, 0.25) is 11.8 Å². The van der Waals surface area contributed by atoms with Gasteiger partial charge in [0.1, 0.15) is 6.61 Å². The van der Waals surface area contributed by atoms with Gasteiger partial charge >= 0.3 is 12.0 Å². The average molecular weight is 547 g/mol. The van der Waals surface area contributed by atoms with Crippen LogP contribution in [0.2, 0.25) is 0 Å². The standard InChI is InChI=1S/C28H42N4O7/c1-4-16-39-25(36)10-7-9-24(35)32-26(19(2)3)23(34)17-21(8-5-6-15-30-28(29)38)27(37)31-22-13-11-20(18-33)12-14-22/h4,11-14,19,21,26,33H,1,5-10,15-18H2,2-3H3,(H,31,37)(H,32,35)(H3,29,30,38)/t21-,26+/m1/s1. The first kappa shape index (κ1) is 33.3. The summed E-state index contributed by atoms with van der Waals surface area (Å²) in [6.07, 6.45) is 3.32. The van der Waals surface area contributed by atoms with Gasteiger partial charge in [-0.15, -0.1) is 0 Å². The third-order valence-corrected chi connectivity index (χ3v) is 5.98. The Labute approximate surface area is 229 Å². The first-order valence-electron chi connectivity index (χ1n) is 13.2. The Hall–Kier alpha value is -3.73. The number of nitrogens with one attached hydrogen (secondary N) is 3. The van der Waals surface area contributed by atoms with Gasteiger partial charge in [-0.3, -0.25) is 19.2 Å². The molecule has 1 rings (SSSR count). The lowest BCUT2D eigenvalue weighted by Crippen LogP contribution is -2.45. The van der Waals surface area contributed by atoms with Crippen LogP contribution >= 0.6 is 0 Å². The number of rotatable bonds is 19. The largest absolute Gasteiger partial charge is 0.461 e. The van der Waals surface area contributed by atoms with Gasteiger partial charge in [-0.05, 0) is 42.9 Å².